The van der Waals surface area contributed by atoms with Crippen LogP contribution >= 0.6 is 11.6 Å². The lowest BCUT2D eigenvalue weighted by Gasteiger charge is -2.17. The van der Waals surface area contributed by atoms with Crippen molar-refractivity contribution in [1.82, 2.24) is 5.43 Å². The van der Waals surface area contributed by atoms with Crippen molar-refractivity contribution in [2.75, 3.05) is 0 Å². The second-order valence-corrected chi connectivity index (χ2v) is 5.73. The minimum atomic E-state index is -0.319. The number of hydrogen-bond donors (Lipinski definition) is 2. The monoisotopic (exact) mass is 306 g/mol. The second-order valence-electron chi connectivity index (χ2n) is 5.33. The summed E-state index contributed by atoms with van der Waals surface area (Å²) < 4.78 is 13.0. The first-order valence-electron chi connectivity index (χ1n) is 7.04. The van der Waals surface area contributed by atoms with E-state index in [1.807, 2.05) is 0 Å². The number of halogens is 2. The molecule has 1 unspecified atom stereocenters. The lowest BCUT2D eigenvalue weighted by molar-refractivity contribution is 0.491. The molecule has 1 atom stereocenters. The highest BCUT2D eigenvalue weighted by molar-refractivity contribution is 6.31. The molecular formula is C17H20ClFN2. The summed E-state index contributed by atoms with van der Waals surface area (Å²) in [5, 5.41) is 0.450. The van der Waals surface area contributed by atoms with Crippen molar-refractivity contribution >= 4 is 11.6 Å². The fourth-order valence-electron chi connectivity index (χ4n) is 2.29. The molecular weight excluding hydrogens is 287 g/mol. The first-order valence-corrected chi connectivity index (χ1v) is 7.42. The largest absolute Gasteiger partial charge is 0.271 e. The van der Waals surface area contributed by atoms with Crippen LogP contribution in [0.2, 0.25) is 5.02 Å². The Balaban J connectivity index is 1.95. The summed E-state index contributed by atoms with van der Waals surface area (Å²) in [6, 6.07) is 13.1. The average molecular weight is 307 g/mol. The van der Waals surface area contributed by atoms with Crippen molar-refractivity contribution in [3.8, 4) is 0 Å². The Hall–Kier alpha value is -1.42. The van der Waals surface area contributed by atoms with Gasteiger partial charge in [0, 0.05) is 11.1 Å². The van der Waals surface area contributed by atoms with Crippen LogP contribution in [0, 0.1) is 12.7 Å². The van der Waals surface area contributed by atoms with E-state index in [4.69, 9.17) is 17.4 Å². The van der Waals surface area contributed by atoms with Gasteiger partial charge in [-0.3, -0.25) is 11.3 Å². The zero-order chi connectivity index (χ0) is 15.2. The molecule has 2 aromatic rings. The van der Waals surface area contributed by atoms with Gasteiger partial charge in [-0.15, -0.1) is 0 Å². The van der Waals surface area contributed by atoms with Gasteiger partial charge in [0.05, 0.1) is 0 Å². The molecule has 4 heteroatoms. The van der Waals surface area contributed by atoms with Crippen LogP contribution in [0.1, 0.15) is 23.1 Å². The first-order chi connectivity index (χ1) is 10.1. The Labute approximate surface area is 130 Å². The highest BCUT2D eigenvalue weighted by Crippen LogP contribution is 2.20. The molecule has 0 amide bonds. The summed E-state index contributed by atoms with van der Waals surface area (Å²) in [5.74, 6) is 5.30. The summed E-state index contributed by atoms with van der Waals surface area (Å²) in [4.78, 5) is 0. The molecule has 0 aromatic heterocycles. The smallest absolute Gasteiger partial charge is 0.124 e. The van der Waals surface area contributed by atoms with Crippen LogP contribution in [0.5, 0.6) is 0 Å². The Bertz CT molecular complexity index is 584. The van der Waals surface area contributed by atoms with Crippen molar-refractivity contribution in [2.24, 2.45) is 5.84 Å². The fraction of sp³-hybridized carbons (Fsp3) is 0.294. The van der Waals surface area contributed by atoms with E-state index in [0.717, 1.165) is 18.4 Å². The fourth-order valence-corrected chi connectivity index (χ4v) is 2.54. The van der Waals surface area contributed by atoms with E-state index in [1.54, 1.807) is 6.07 Å². The molecule has 0 saturated heterocycles. The van der Waals surface area contributed by atoms with E-state index < -0.39 is 0 Å². The van der Waals surface area contributed by atoms with Crippen LogP contribution in [0.25, 0.3) is 0 Å². The highest BCUT2D eigenvalue weighted by Gasteiger charge is 2.11. The van der Waals surface area contributed by atoms with Gasteiger partial charge in [0.1, 0.15) is 5.82 Å². The number of benzene rings is 2. The van der Waals surface area contributed by atoms with Crippen LogP contribution in [0.4, 0.5) is 4.39 Å². The van der Waals surface area contributed by atoms with Gasteiger partial charge in [-0.25, -0.2) is 4.39 Å². The summed E-state index contributed by atoms with van der Waals surface area (Å²) in [7, 11) is 0. The Morgan fingerprint density at radius 1 is 1.19 bits per heavy atom. The average Bonchev–Trinajstić information content (AvgIpc) is 2.47. The summed E-state index contributed by atoms with van der Waals surface area (Å²) in [5.41, 5.74) is 6.27. The molecule has 112 valence electrons. The van der Waals surface area contributed by atoms with E-state index in [1.165, 1.54) is 23.3 Å². The maximum absolute atomic E-state index is 13.0. The van der Waals surface area contributed by atoms with Crippen molar-refractivity contribution in [3.05, 3.63) is 70.0 Å². The topological polar surface area (TPSA) is 38.0 Å². The number of hydrogen-bond acceptors (Lipinski definition) is 2. The molecule has 0 aliphatic carbocycles. The lowest BCUT2D eigenvalue weighted by atomic mass is 9.99. The van der Waals surface area contributed by atoms with Gasteiger partial charge >= 0.3 is 0 Å². The van der Waals surface area contributed by atoms with Gasteiger partial charge in [-0.05, 0) is 49.4 Å². The molecule has 0 aliphatic rings. The van der Waals surface area contributed by atoms with Crippen LogP contribution in [0.15, 0.2) is 42.5 Å². The molecule has 0 aliphatic heterocycles. The minimum absolute atomic E-state index is 0.106. The quantitative estimate of drug-likeness (QED) is 0.629. The molecule has 0 spiro atoms. The number of hydrazine groups is 1. The van der Waals surface area contributed by atoms with Gasteiger partial charge in [-0.2, -0.15) is 0 Å². The van der Waals surface area contributed by atoms with Crippen LogP contribution < -0.4 is 11.3 Å². The van der Waals surface area contributed by atoms with E-state index in [9.17, 15) is 4.39 Å². The molecule has 21 heavy (non-hydrogen) atoms. The van der Waals surface area contributed by atoms with E-state index in [-0.39, 0.29) is 11.9 Å². The highest BCUT2D eigenvalue weighted by atomic mass is 35.5. The molecule has 2 rings (SSSR count). The SMILES string of the molecule is Cc1ccc(CCC(Cc2ccc(F)cc2Cl)NN)cc1. The molecule has 0 radical (unpaired) electrons. The van der Waals surface area contributed by atoms with Crippen molar-refractivity contribution < 1.29 is 4.39 Å². The van der Waals surface area contributed by atoms with Crippen molar-refractivity contribution in [1.29, 1.82) is 0 Å². The molecule has 0 heterocycles. The first kappa shape index (κ1) is 16.0. The molecule has 0 bridgehead atoms. The van der Waals surface area contributed by atoms with E-state index >= 15 is 0 Å². The Morgan fingerprint density at radius 2 is 1.90 bits per heavy atom. The number of nitrogens with one attached hydrogen (secondary N) is 1. The van der Waals surface area contributed by atoms with Crippen molar-refractivity contribution in [3.63, 3.8) is 0 Å². The second kappa shape index (κ2) is 7.55. The number of aryl methyl sites for hydroxylation is 2. The summed E-state index contributed by atoms with van der Waals surface area (Å²) >= 11 is 6.06. The Kier molecular flexibility index (Phi) is 5.74. The van der Waals surface area contributed by atoms with E-state index in [2.05, 4.69) is 36.6 Å². The maximum atomic E-state index is 13.0. The van der Waals surface area contributed by atoms with Gasteiger partial charge in [-0.1, -0.05) is 47.5 Å². The minimum Gasteiger partial charge on any atom is -0.271 e. The van der Waals surface area contributed by atoms with Gasteiger partial charge in [0.25, 0.3) is 0 Å². The number of rotatable bonds is 6. The predicted octanol–water partition coefficient (Wildman–Crippen LogP) is 3.79. The van der Waals surface area contributed by atoms with E-state index in [0.29, 0.717) is 11.4 Å². The van der Waals surface area contributed by atoms with Gasteiger partial charge in [0.2, 0.25) is 0 Å². The predicted molar refractivity (Wildman–Crippen MR) is 85.7 cm³/mol. The van der Waals surface area contributed by atoms with Crippen LogP contribution in [0.3, 0.4) is 0 Å². The maximum Gasteiger partial charge on any atom is 0.124 e. The zero-order valence-corrected chi connectivity index (χ0v) is 12.8. The molecule has 2 nitrogen and oxygen atoms in total. The number of nitrogens with two attached hydrogens (primary N) is 1. The zero-order valence-electron chi connectivity index (χ0n) is 12.1. The third kappa shape index (κ3) is 4.81. The Morgan fingerprint density at radius 3 is 2.52 bits per heavy atom. The van der Waals surface area contributed by atoms with Crippen molar-refractivity contribution in [2.45, 2.75) is 32.2 Å². The van der Waals surface area contributed by atoms with Gasteiger partial charge in [0.15, 0.2) is 0 Å². The third-order valence-corrected chi connectivity index (χ3v) is 3.97. The summed E-state index contributed by atoms with van der Waals surface area (Å²) in [6.45, 7) is 2.07. The van der Waals surface area contributed by atoms with Gasteiger partial charge < -0.3 is 0 Å². The standard InChI is InChI=1S/C17H20ClFN2/c1-12-2-4-13(5-3-12)6-9-16(21-20)10-14-7-8-15(19)11-17(14)18/h2-5,7-8,11,16,21H,6,9-10,20H2,1H3. The normalized spacial score (nSPS) is 12.4. The lowest BCUT2D eigenvalue weighted by Crippen LogP contribution is -2.37. The third-order valence-electron chi connectivity index (χ3n) is 3.62. The molecule has 3 N–H and O–H groups in total. The van der Waals surface area contributed by atoms with Crippen LogP contribution in [-0.4, -0.2) is 6.04 Å². The summed E-state index contributed by atoms with van der Waals surface area (Å²) in [6.07, 6.45) is 2.52. The molecule has 2 aromatic carbocycles. The molecule has 0 saturated carbocycles. The van der Waals surface area contributed by atoms with Crippen LogP contribution in [-0.2, 0) is 12.8 Å². The molecule has 0 fully saturated rings.